The van der Waals surface area contributed by atoms with Gasteiger partial charge in [-0.15, -0.1) is 5.10 Å². The number of rotatable bonds is 6. The highest BCUT2D eigenvalue weighted by molar-refractivity contribution is 5.82. The Hall–Kier alpha value is -3.56. The first-order valence-corrected chi connectivity index (χ1v) is 12.7. The summed E-state index contributed by atoms with van der Waals surface area (Å²) in [6.45, 7) is 2.35. The predicted octanol–water partition coefficient (Wildman–Crippen LogP) is 2.62. The molecule has 1 aliphatic heterocycles. The van der Waals surface area contributed by atoms with E-state index in [-0.39, 0.29) is 12.0 Å². The van der Waals surface area contributed by atoms with Gasteiger partial charge in [0.2, 0.25) is 5.91 Å². The standard InChI is InChI=1S/C25H29N9O/c26-20-10-19(17-9-18(12-27-11-17)23-29-31-32-30-23)22(15-3-4-15)28-24(20)33-7-8-34(25(35)16-5-6-16)21(13-33)14-1-2-14/h9-12,14-16,21H,1-8,13,26H2,(H,29,30,31,32)/t21-/m0/s1. The second-order valence-corrected chi connectivity index (χ2v) is 10.5. The molecule has 180 valence electrons. The van der Waals surface area contributed by atoms with E-state index in [2.05, 4.69) is 41.5 Å². The molecule has 1 amide bonds. The number of amides is 1. The fraction of sp³-hybridized carbons (Fsp3) is 0.520. The van der Waals surface area contributed by atoms with Crippen LogP contribution in [0.5, 0.6) is 0 Å². The van der Waals surface area contributed by atoms with Gasteiger partial charge in [0.25, 0.3) is 0 Å². The summed E-state index contributed by atoms with van der Waals surface area (Å²) in [4.78, 5) is 27.0. The number of carbonyl (C=O) groups is 1. The van der Waals surface area contributed by atoms with Gasteiger partial charge in [0.1, 0.15) is 0 Å². The maximum Gasteiger partial charge on any atom is 0.226 e. The molecule has 3 aromatic rings. The average Bonchev–Trinajstić information content (AvgIpc) is 3.74. The lowest BCUT2D eigenvalue weighted by atomic mass is 10.00. The van der Waals surface area contributed by atoms with Crippen LogP contribution in [0, 0.1) is 11.8 Å². The van der Waals surface area contributed by atoms with E-state index in [0.29, 0.717) is 29.3 Å². The summed E-state index contributed by atoms with van der Waals surface area (Å²) in [6.07, 6.45) is 10.4. The Balaban J connectivity index is 1.21. The summed E-state index contributed by atoms with van der Waals surface area (Å²) in [5.74, 6) is 3.13. The number of nitrogens with one attached hydrogen (secondary N) is 1. The zero-order chi connectivity index (χ0) is 23.5. The molecule has 10 nitrogen and oxygen atoms in total. The Bertz CT molecular complexity index is 1260. The minimum atomic E-state index is 0.267. The van der Waals surface area contributed by atoms with E-state index in [9.17, 15) is 4.79 Å². The molecule has 3 N–H and O–H groups in total. The predicted molar refractivity (Wildman–Crippen MR) is 130 cm³/mol. The van der Waals surface area contributed by atoms with Gasteiger partial charge in [-0.25, -0.2) is 10.1 Å². The molecule has 0 radical (unpaired) electrons. The highest BCUT2D eigenvalue weighted by Gasteiger charge is 2.45. The van der Waals surface area contributed by atoms with Crippen molar-refractivity contribution in [1.82, 2.24) is 35.5 Å². The fourth-order valence-corrected chi connectivity index (χ4v) is 5.41. The molecule has 4 aliphatic rings. The molecule has 7 rings (SSSR count). The number of nitrogens with two attached hydrogens (primary N) is 1. The van der Waals surface area contributed by atoms with Gasteiger partial charge in [-0.2, -0.15) is 0 Å². The third kappa shape index (κ3) is 3.90. The Kier molecular flexibility index (Phi) is 4.75. The molecule has 10 heteroatoms. The van der Waals surface area contributed by atoms with Crippen LogP contribution >= 0.6 is 0 Å². The lowest BCUT2D eigenvalue weighted by Gasteiger charge is -2.43. The van der Waals surface area contributed by atoms with Crippen molar-refractivity contribution in [2.45, 2.75) is 50.5 Å². The van der Waals surface area contributed by atoms with Crippen molar-refractivity contribution in [3.05, 3.63) is 30.2 Å². The molecule has 1 atom stereocenters. The summed E-state index contributed by atoms with van der Waals surface area (Å²) in [7, 11) is 0. The van der Waals surface area contributed by atoms with Crippen LogP contribution in [0.3, 0.4) is 0 Å². The van der Waals surface area contributed by atoms with Gasteiger partial charge in [-0.1, -0.05) is 0 Å². The number of anilines is 2. The van der Waals surface area contributed by atoms with Crippen LogP contribution < -0.4 is 10.6 Å². The minimum Gasteiger partial charge on any atom is -0.396 e. The van der Waals surface area contributed by atoms with Crippen molar-refractivity contribution >= 4 is 17.4 Å². The number of piperazine rings is 1. The van der Waals surface area contributed by atoms with E-state index >= 15 is 0 Å². The second kappa shape index (κ2) is 8.00. The number of aromatic nitrogens is 6. The first kappa shape index (κ1) is 20.8. The maximum absolute atomic E-state index is 12.9. The van der Waals surface area contributed by atoms with Crippen molar-refractivity contribution in [2.75, 3.05) is 30.3 Å². The first-order chi connectivity index (χ1) is 17.2. The van der Waals surface area contributed by atoms with Gasteiger partial charge in [0.15, 0.2) is 11.6 Å². The van der Waals surface area contributed by atoms with Crippen molar-refractivity contribution in [2.24, 2.45) is 11.8 Å². The van der Waals surface area contributed by atoms with E-state index in [1.165, 1.54) is 12.8 Å². The van der Waals surface area contributed by atoms with Crippen LogP contribution in [-0.4, -0.2) is 67.1 Å². The van der Waals surface area contributed by atoms with Gasteiger partial charge in [0.05, 0.1) is 17.4 Å². The monoisotopic (exact) mass is 471 g/mol. The molecule has 0 bridgehead atoms. The molecule has 3 aliphatic carbocycles. The number of hydrogen-bond acceptors (Lipinski definition) is 8. The van der Waals surface area contributed by atoms with Gasteiger partial charge in [-0.3, -0.25) is 9.78 Å². The van der Waals surface area contributed by atoms with Crippen LogP contribution in [0.15, 0.2) is 24.5 Å². The van der Waals surface area contributed by atoms with Crippen molar-refractivity contribution in [3.8, 4) is 22.5 Å². The summed E-state index contributed by atoms with van der Waals surface area (Å²) >= 11 is 0. The molecule has 3 saturated carbocycles. The lowest BCUT2D eigenvalue weighted by molar-refractivity contribution is -0.135. The Labute approximate surface area is 203 Å². The lowest BCUT2D eigenvalue weighted by Crippen LogP contribution is -2.57. The minimum absolute atomic E-state index is 0.267. The van der Waals surface area contributed by atoms with E-state index in [1.807, 2.05) is 12.3 Å². The third-order valence-electron chi connectivity index (χ3n) is 7.79. The SMILES string of the molecule is Nc1cc(-c2cncc(-c3nnn[nH]3)c2)c(C2CC2)nc1N1CCN(C(=O)C2CC2)[C@H](C2CC2)C1. The van der Waals surface area contributed by atoms with E-state index in [4.69, 9.17) is 10.7 Å². The zero-order valence-corrected chi connectivity index (χ0v) is 19.6. The number of pyridine rings is 2. The quantitative estimate of drug-likeness (QED) is 0.561. The maximum atomic E-state index is 12.9. The van der Waals surface area contributed by atoms with Gasteiger partial charge in [-0.05, 0) is 67.0 Å². The highest BCUT2D eigenvalue weighted by atomic mass is 16.2. The largest absolute Gasteiger partial charge is 0.396 e. The molecule has 0 spiro atoms. The summed E-state index contributed by atoms with van der Waals surface area (Å²) in [5.41, 5.74) is 11.2. The summed E-state index contributed by atoms with van der Waals surface area (Å²) < 4.78 is 0. The molecule has 0 unspecified atom stereocenters. The van der Waals surface area contributed by atoms with Crippen LogP contribution in [0.2, 0.25) is 0 Å². The molecule has 4 heterocycles. The van der Waals surface area contributed by atoms with Crippen molar-refractivity contribution in [1.29, 1.82) is 0 Å². The number of H-pyrrole nitrogens is 1. The Morgan fingerprint density at radius 3 is 2.57 bits per heavy atom. The van der Waals surface area contributed by atoms with Gasteiger partial charge in [0, 0.05) is 60.6 Å². The van der Waals surface area contributed by atoms with Crippen LogP contribution in [0.25, 0.3) is 22.5 Å². The van der Waals surface area contributed by atoms with Crippen LogP contribution in [0.4, 0.5) is 11.5 Å². The molecular formula is C25H29N9O. The van der Waals surface area contributed by atoms with E-state index in [0.717, 1.165) is 73.5 Å². The number of nitrogen functional groups attached to an aromatic ring is 1. The first-order valence-electron chi connectivity index (χ1n) is 12.7. The average molecular weight is 472 g/mol. The number of hydrogen-bond donors (Lipinski definition) is 2. The summed E-state index contributed by atoms with van der Waals surface area (Å²) in [5, 5.41) is 14.2. The van der Waals surface area contributed by atoms with Crippen molar-refractivity contribution < 1.29 is 4.79 Å². The molecular weight excluding hydrogens is 442 g/mol. The van der Waals surface area contributed by atoms with E-state index < -0.39 is 0 Å². The number of carbonyl (C=O) groups excluding carboxylic acids is 1. The molecule has 0 aromatic carbocycles. The normalized spacial score (nSPS) is 22.5. The van der Waals surface area contributed by atoms with Crippen LogP contribution in [-0.2, 0) is 4.79 Å². The number of aromatic amines is 1. The summed E-state index contributed by atoms with van der Waals surface area (Å²) in [6, 6.07) is 4.37. The molecule has 35 heavy (non-hydrogen) atoms. The number of tetrazole rings is 1. The topological polar surface area (TPSA) is 130 Å². The van der Waals surface area contributed by atoms with Crippen molar-refractivity contribution in [3.63, 3.8) is 0 Å². The Morgan fingerprint density at radius 2 is 1.86 bits per heavy atom. The fourth-order valence-electron chi connectivity index (χ4n) is 5.41. The second-order valence-electron chi connectivity index (χ2n) is 10.5. The van der Waals surface area contributed by atoms with Gasteiger partial charge >= 0.3 is 0 Å². The zero-order valence-electron chi connectivity index (χ0n) is 19.6. The molecule has 4 fully saturated rings. The van der Waals surface area contributed by atoms with Gasteiger partial charge < -0.3 is 15.5 Å². The molecule has 3 aromatic heterocycles. The Morgan fingerprint density at radius 1 is 1.03 bits per heavy atom. The van der Waals surface area contributed by atoms with E-state index in [1.54, 1.807) is 6.20 Å². The smallest absolute Gasteiger partial charge is 0.226 e. The molecule has 1 saturated heterocycles. The third-order valence-corrected chi connectivity index (χ3v) is 7.79. The highest BCUT2D eigenvalue weighted by Crippen LogP contribution is 2.46. The van der Waals surface area contributed by atoms with Crippen LogP contribution in [0.1, 0.15) is 50.1 Å². The number of nitrogens with zero attached hydrogens (tertiary/aromatic N) is 7.